The van der Waals surface area contributed by atoms with Crippen LogP contribution in [0.4, 0.5) is 0 Å². The summed E-state index contributed by atoms with van der Waals surface area (Å²) in [4.78, 5) is 1.82. The molecule has 0 atom stereocenters. The molecule has 68 valence electrons. The Kier molecular flexibility index (Phi) is 3.22. The number of hydrogen-bond donors (Lipinski definition) is 0. The minimum Gasteiger partial charge on any atom is -0.497 e. The van der Waals surface area contributed by atoms with E-state index in [0.717, 1.165) is 11.3 Å². The van der Waals surface area contributed by atoms with Gasteiger partial charge < -0.3 is 9.64 Å². The fraction of sp³-hybridized carbons (Fsp3) is 0.273. The summed E-state index contributed by atoms with van der Waals surface area (Å²) in [5.41, 5.74) is 0.995. The average molecular weight is 175 g/mol. The summed E-state index contributed by atoms with van der Waals surface area (Å²) in [5, 5.41) is 0. The van der Waals surface area contributed by atoms with Gasteiger partial charge in [-0.25, -0.2) is 0 Å². The van der Waals surface area contributed by atoms with Crippen molar-refractivity contribution in [3.8, 4) is 17.7 Å². The van der Waals surface area contributed by atoms with Crippen LogP contribution in [0.15, 0.2) is 24.3 Å². The van der Waals surface area contributed by atoms with E-state index in [4.69, 9.17) is 4.74 Å². The number of methoxy groups -OCH3 is 1. The number of ether oxygens (including phenoxy) is 1. The van der Waals surface area contributed by atoms with Crippen LogP contribution in [0.5, 0.6) is 5.75 Å². The lowest BCUT2D eigenvalue weighted by Crippen LogP contribution is -2.00. The Balaban J connectivity index is 2.77. The van der Waals surface area contributed by atoms with E-state index in [1.165, 1.54) is 0 Å². The summed E-state index contributed by atoms with van der Waals surface area (Å²) >= 11 is 0. The number of hydrogen-bond acceptors (Lipinski definition) is 2. The summed E-state index contributed by atoms with van der Waals surface area (Å²) in [6, 6.07) is 10.6. The Morgan fingerprint density at radius 1 is 1.15 bits per heavy atom. The molecule has 0 saturated heterocycles. The molecule has 0 N–H and O–H groups in total. The summed E-state index contributed by atoms with van der Waals surface area (Å²) in [7, 11) is 5.48. The van der Waals surface area contributed by atoms with Gasteiger partial charge in [0.1, 0.15) is 5.75 Å². The van der Waals surface area contributed by atoms with E-state index < -0.39 is 0 Å². The fourth-order valence-electron chi connectivity index (χ4n) is 0.851. The zero-order valence-corrected chi connectivity index (χ0v) is 8.16. The highest BCUT2D eigenvalue weighted by molar-refractivity contribution is 5.37. The lowest BCUT2D eigenvalue weighted by molar-refractivity contribution is 0.415. The third kappa shape index (κ3) is 3.08. The molecule has 0 aliphatic carbocycles. The predicted octanol–water partition coefficient (Wildman–Crippen LogP) is 1.57. The highest BCUT2D eigenvalue weighted by Crippen LogP contribution is 2.09. The topological polar surface area (TPSA) is 12.5 Å². The van der Waals surface area contributed by atoms with E-state index in [9.17, 15) is 0 Å². The lowest BCUT2D eigenvalue weighted by atomic mass is 10.2. The van der Waals surface area contributed by atoms with E-state index in [0.29, 0.717) is 0 Å². The molecule has 0 unspecified atom stereocenters. The zero-order chi connectivity index (χ0) is 9.68. The molecule has 13 heavy (non-hydrogen) atoms. The van der Waals surface area contributed by atoms with Gasteiger partial charge in [0.2, 0.25) is 0 Å². The van der Waals surface area contributed by atoms with Crippen molar-refractivity contribution in [3.63, 3.8) is 0 Å². The molecule has 0 aliphatic rings. The summed E-state index contributed by atoms with van der Waals surface area (Å²) in [6.45, 7) is 0. The molecule has 0 bridgehead atoms. The molecule has 2 heteroatoms. The van der Waals surface area contributed by atoms with Gasteiger partial charge in [-0.3, -0.25) is 0 Å². The predicted molar refractivity (Wildman–Crippen MR) is 53.6 cm³/mol. The minimum atomic E-state index is 0.857. The van der Waals surface area contributed by atoms with E-state index in [1.807, 2.05) is 43.3 Å². The van der Waals surface area contributed by atoms with Gasteiger partial charge in [-0.2, -0.15) is 0 Å². The molecular formula is C11H13NO. The summed E-state index contributed by atoms with van der Waals surface area (Å²) in [5.74, 6) is 3.87. The van der Waals surface area contributed by atoms with Crippen molar-refractivity contribution >= 4 is 0 Å². The Morgan fingerprint density at radius 2 is 1.77 bits per heavy atom. The van der Waals surface area contributed by atoms with Gasteiger partial charge >= 0.3 is 0 Å². The van der Waals surface area contributed by atoms with Crippen molar-refractivity contribution < 1.29 is 4.74 Å². The van der Waals surface area contributed by atoms with Crippen LogP contribution in [-0.2, 0) is 0 Å². The first kappa shape index (κ1) is 9.47. The first-order chi connectivity index (χ1) is 6.22. The highest BCUT2D eigenvalue weighted by Gasteiger charge is 1.89. The van der Waals surface area contributed by atoms with Crippen LogP contribution in [0.25, 0.3) is 0 Å². The minimum absolute atomic E-state index is 0.857. The highest BCUT2D eigenvalue weighted by atomic mass is 16.5. The number of nitrogens with zero attached hydrogens (tertiary/aromatic N) is 1. The second kappa shape index (κ2) is 4.42. The summed E-state index contributed by atoms with van der Waals surface area (Å²) in [6.07, 6.45) is 0. The van der Waals surface area contributed by atoms with Crippen LogP contribution in [0.3, 0.4) is 0 Å². The molecule has 1 aromatic carbocycles. The van der Waals surface area contributed by atoms with Crippen LogP contribution >= 0.6 is 0 Å². The van der Waals surface area contributed by atoms with Gasteiger partial charge in [0.05, 0.1) is 7.11 Å². The third-order valence-electron chi connectivity index (χ3n) is 1.51. The van der Waals surface area contributed by atoms with Crippen LogP contribution < -0.4 is 4.74 Å². The molecule has 0 heterocycles. The quantitative estimate of drug-likeness (QED) is 0.474. The number of benzene rings is 1. The van der Waals surface area contributed by atoms with E-state index in [2.05, 4.69) is 12.0 Å². The average Bonchev–Trinajstić information content (AvgIpc) is 2.15. The molecular weight excluding hydrogens is 162 g/mol. The first-order valence-corrected chi connectivity index (χ1v) is 4.05. The Labute approximate surface area is 79.1 Å². The Morgan fingerprint density at radius 3 is 2.23 bits per heavy atom. The molecule has 0 aliphatic heterocycles. The van der Waals surface area contributed by atoms with Crippen molar-refractivity contribution in [2.24, 2.45) is 0 Å². The monoisotopic (exact) mass is 175 g/mol. The van der Waals surface area contributed by atoms with Crippen molar-refractivity contribution in [3.05, 3.63) is 29.8 Å². The standard InChI is InChI=1S/C11H13NO/c1-12(2)9-8-10-4-6-11(13-3)7-5-10/h4-7H,1-3H3. The normalized spacial score (nSPS) is 8.54. The van der Waals surface area contributed by atoms with E-state index >= 15 is 0 Å². The third-order valence-corrected chi connectivity index (χ3v) is 1.51. The van der Waals surface area contributed by atoms with Crippen LogP contribution in [0.2, 0.25) is 0 Å². The van der Waals surface area contributed by atoms with Gasteiger partial charge in [0, 0.05) is 25.7 Å². The Hall–Kier alpha value is -1.62. The van der Waals surface area contributed by atoms with Gasteiger partial charge in [-0.15, -0.1) is 0 Å². The number of rotatable bonds is 1. The zero-order valence-electron chi connectivity index (χ0n) is 8.16. The smallest absolute Gasteiger partial charge is 0.118 e. The van der Waals surface area contributed by atoms with Gasteiger partial charge in [0.25, 0.3) is 0 Å². The van der Waals surface area contributed by atoms with Crippen LogP contribution in [-0.4, -0.2) is 26.1 Å². The second-order valence-corrected chi connectivity index (χ2v) is 2.86. The van der Waals surface area contributed by atoms with Gasteiger partial charge in [-0.05, 0) is 30.2 Å². The Bertz CT molecular complexity index is 316. The van der Waals surface area contributed by atoms with Gasteiger partial charge in [-0.1, -0.05) is 0 Å². The second-order valence-electron chi connectivity index (χ2n) is 2.86. The lowest BCUT2D eigenvalue weighted by Gasteiger charge is -1.99. The SMILES string of the molecule is COc1ccc(C#CN(C)C)cc1. The van der Waals surface area contributed by atoms with Crippen molar-refractivity contribution in [1.29, 1.82) is 0 Å². The largest absolute Gasteiger partial charge is 0.497 e. The summed E-state index contributed by atoms with van der Waals surface area (Å²) < 4.78 is 5.04. The molecule has 0 saturated carbocycles. The van der Waals surface area contributed by atoms with Gasteiger partial charge in [0.15, 0.2) is 0 Å². The molecule has 2 nitrogen and oxygen atoms in total. The fourth-order valence-corrected chi connectivity index (χ4v) is 0.851. The molecule has 1 rings (SSSR count). The molecule has 0 aromatic heterocycles. The van der Waals surface area contributed by atoms with Crippen molar-refractivity contribution in [2.75, 3.05) is 21.2 Å². The maximum atomic E-state index is 5.04. The molecule has 0 fully saturated rings. The van der Waals surface area contributed by atoms with E-state index in [-0.39, 0.29) is 0 Å². The van der Waals surface area contributed by atoms with Crippen LogP contribution in [0.1, 0.15) is 5.56 Å². The molecule has 0 radical (unpaired) electrons. The van der Waals surface area contributed by atoms with E-state index in [1.54, 1.807) is 7.11 Å². The van der Waals surface area contributed by atoms with Crippen molar-refractivity contribution in [2.45, 2.75) is 0 Å². The van der Waals surface area contributed by atoms with Crippen LogP contribution in [0, 0.1) is 12.0 Å². The first-order valence-electron chi connectivity index (χ1n) is 4.05. The van der Waals surface area contributed by atoms with Crippen molar-refractivity contribution in [1.82, 2.24) is 4.90 Å². The molecule has 0 amide bonds. The maximum Gasteiger partial charge on any atom is 0.118 e. The molecule has 0 spiro atoms. The molecule has 1 aromatic rings. The maximum absolute atomic E-state index is 5.04.